The van der Waals surface area contributed by atoms with Gasteiger partial charge in [0.2, 0.25) is 11.7 Å². The molecule has 1 atom stereocenters. The van der Waals surface area contributed by atoms with E-state index in [2.05, 4.69) is 15.5 Å². The van der Waals surface area contributed by atoms with Crippen LogP contribution in [0.5, 0.6) is 0 Å². The number of hydrogen-bond donors (Lipinski definition) is 1. The molecule has 2 heterocycles. The molecule has 0 aliphatic carbocycles. The minimum Gasteiger partial charge on any atom is -0.339 e. The third-order valence-electron chi connectivity index (χ3n) is 5.08. The van der Waals surface area contributed by atoms with E-state index in [1.165, 1.54) is 23.1 Å². The predicted octanol–water partition coefficient (Wildman–Crippen LogP) is 5.82. The maximum atomic E-state index is 13.2. The molecule has 3 aromatic rings. The standard InChI is InChI=1S/C21H18ClF3N4O2/c22-15-9-7-13(8-10-15)18-27-19(31-28-18)14-4-3-11-29(12-14)20(30)26-17-6-2-1-5-16(17)21(23,24)25/h1-2,5-10,14H,3-4,11-12H2,(H,26,30). The minimum absolute atomic E-state index is 0.203. The molecule has 1 aromatic heterocycles. The Morgan fingerprint density at radius 1 is 1.16 bits per heavy atom. The van der Waals surface area contributed by atoms with Crippen LogP contribution in [-0.2, 0) is 6.18 Å². The number of anilines is 1. The molecule has 1 aliphatic heterocycles. The van der Waals surface area contributed by atoms with Gasteiger partial charge in [0, 0.05) is 23.7 Å². The van der Waals surface area contributed by atoms with Crippen molar-refractivity contribution in [1.29, 1.82) is 0 Å². The van der Waals surface area contributed by atoms with Crippen molar-refractivity contribution in [2.45, 2.75) is 24.9 Å². The summed E-state index contributed by atoms with van der Waals surface area (Å²) < 4.78 is 45.0. The molecule has 162 valence electrons. The Kier molecular flexibility index (Phi) is 5.86. The molecule has 2 amide bonds. The summed E-state index contributed by atoms with van der Waals surface area (Å²) >= 11 is 5.89. The Morgan fingerprint density at radius 3 is 2.65 bits per heavy atom. The molecule has 31 heavy (non-hydrogen) atoms. The quantitative estimate of drug-likeness (QED) is 0.545. The predicted molar refractivity (Wildman–Crippen MR) is 109 cm³/mol. The lowest BCUT2D eigenvalue weighted by Crippen LogP contribution is -2.42. The van der Waals surface area contributed by atoms with Gasteiger partial charge in [0.1, 0.15) is 0 Å². The number of piperidine rings is 1. The van der Waals surface area contributed by atoms with Crippen LogP contribution in [0.15, 0.2) is 53.1 Å². The van der Waals surface area contributed by atoms with Crippen molar-refractivity contribution >= 4 is 23.3 Å². The molecule has 1 N–H and O–H groups in total. The second kappa shape index (κ2) is 8.58. The van der Waals surface area contributed by atoms with Crippen LogP contribution in [0.25, 0.3) is 11.4 Å². The molecule has 0 saturated carbocycles. The van der Waals surface area contributed by atoms with Crippen molar-refractivity contribution in [2.75, 3.05) is 18.4 Å². The number of nitrogens with zero attached hydrogens (tertiary/aromatic N) is 3. The summed E-state index contributed by atoms with van der Waals surface area (Å²) in [4.78, 5) is 18.5. The minimum atomic E-state index is -4.56. The number of hydrogen-bond acceptors (Lipinski definition) is 4. The molecule has 0 bridgehead atoms. The van der Waals surface area contributed by atoms with Crippen LogP contribution in [0.3, 0.4) is 0 Å². The van der Waals surface area contributed by atoms with E-state index in [4.69, 9.17) is 16.1 Å². The Bertz CT molecular complexity index is 1070. The number of amides is 2. The van der Waals surface area contributed by atoms with E-state index >= 15 is 0 Å². The van der Waals surface area contributed by atoms with Gasteiger partial charge in [-0.25, -0.2) is 4.79 Å². The highest BCUT2D eigenvalue weighted by Gasteiger charge is 2.34. The highest BCUT2D eigenvalue weighted by Crippen LogP contribution is 2.35. The van der Waals surface area contributed by atoms with Gasteiger partial charge in [-0.1, -0.05) is 28.9 Å². The van der Waals surface area contributed by atoms with E-state index in [0.29, 0.717) is 29.7 Å². The molecular weight excluding hydrogens is 433 g/mol. The molecule has 6 nitrogen and oxygen atoms in total. The lowest BCUT2D eigenvalue weighted by atomic mass is 9.98. The Labute approximate surface area is 181 Å². The normalized spacial score (nSPS) is 16.9. The number of nitrogens with one attached hydrogen (secondary N) is 1. The molecule has 10 heteroatoms. The van der Waals surface area contributed by atoms with E-state index in [0.717, 1.165) is 18.1 Å². The van der Waals surface area contributed by atoms with Gasteiger partial charge >= 0.3 is 12.2 Å². The van der Waals surface area contributed by atoms with Crippen LogP contribution in [0.4, 0.5) is 23.7 Å². The third kappa shape index (κ3) is 4.82. The smallest absolute Gasteiger partial charge is 0.339 e. The molecular formula is C21H18ClF3N4O2. The number of urea groups is 1. The van der Waals surface area contributed by atoms with Crippen LogP contribution in [-0.4, -0.2) is 34.2 Å². The maximum absolute atomic E-state index is 13.2. The zero-order chi connectivity index (χ0) is 22.0. The number of benzene rings is 2. The fraction of sp³-hybridized carbons (Fsp3) is 0.286. The molecule has 2 aromatic carbocycles. The maximum Gasteiger partial charge on any atom is 0.418 e. The van der Waals surface area contributed by atoms with Gasteiger partial charge in [-0.3, -0.25) is 0 Å². The molecule has 1 unspecified atom stereocenters. The topological polar surface area (TPSA) is 71.3 Å². The molecule has 4 rings (SSSR count). The van der Waals surface area contributed by atoms with E-state index in [-0.39, 0.29) is 18.2 Å². The summed E-state index contributed by atoms with van der Waals surface area (Å²) in [7, 11) is 0. The van der Waals surface area contributed by atoms with Crippen molar-refractivity contribution in [2.24, 2.45) is 0 Å². The summed E-state index contributed by atoms with van der Waals surface area (Å²) in [5, 5.41) is 6.97. The number of carbonyl (C=O) groups excluding carboxylic acids is 1. The van der Waals surface area contributed by atoms with Gasteiger partial charge in [0.25, 0.3) is 0 Å². The molecule has 1 aliphatic rings. The van der Waals surface area contributed by atoms with Crippen molar-refractivity contribution in [3.05, 3.63) is 65.0 Å². The fourth-order valence-electron chi connectivity index (χ4n) is 3.51. The summed E-state index contributed by atoms with van der Waals surface area (Å²) in [5.74, 6) is 0.594. The molecule has 1 fully saturated rings. The van der Waals surface area contributed by atoms with E-state index < -0.39 is 17.8 Å². The van der Waals surface area contributed by atoms with Crippen molar-refractivity contribution in [3.63, 3.8) is 0 Å². The first-order valence-electron chi connectivity index (χ1n) is 9.63. The summed E-state index contributed by atoms with van der Waals surface area (Å²) in [6.45, 7) is 0.691. The molecule has 0 radical (unpaired) electrons. The fourth-order valence-corrected chi connectivity index (χ4v) is 3.64. The first-order chi connectivity index (χ1) is 14.8. The van der Waals surface area contributed by atoms with Crippen molar-refractivity contribution in [3.8, 4) is 11.4 Å². The van der Waals surface area contributed by atoms with Gasteiger partial charge in [0.15, 0.2) is 0 Å². The summed E-state index contributed by atoms with van der Waals surface area (Å²) in [6, 6.07) is 11.3. The second-order valence-electron chi connectivity index (χ2n) is 7.22. The van der Waals surface area contributed by atoms with Crippen molar-refractivity contribution < 1.29 is 22.5 Å². The van der Waals surface area contributed by atoms with Gasteiger partial charge in [-0.15, -0.1) is 0 Å². The first-order valence-corrected chi connectivity index (χ1v) is 10.0. The van der Waals surface area contributed by atoms with Crippen LogP contribution in [0, 0.1) is 0 Å². The van der Waals surface area contributed by atoms with Gasteiger partial charge in [0.05, 0.1) is 17.2 Å². The van der Waals surface area contributed by atoms with Crippen molar-refractivity contribution in [1.82, 2.24) is 15.0 Å². The highest BCUT2D eigenvalue weighted by molar-refractivity contribution is 6.30. The average Bonchev–Trinajstić information content (AvgIpc) is 3.24. The molecule has 1 saturated heterocycles. The van der Waals surface area contributed by atoms with Gasteiger partial charge in [-0.2, -0.15) is 18.2 Å². The Hall–Kier alpha value is -3.07. The van der Waals surface area contributed by atoms with E-state index in [1.54, 1.807) is 24.3 Å². The highest BCUT2D eigenvalue weighted by atomic mass is 35.5. The number of likely N-dealkylation sites (tertiary alicyclic amines) is 1. The van der Waals surface area contributed by atoms with E-state index in [1.807, 2.05) is 0 Å². The van der Waals surface area contributed by atoms with E-state index in [9.17, 15) is 18.0 Å². The average molecular weight is 451 g/mol. The van der Waals surface area contributed by atoms with Crippen LogP contribution in [0.2, 0.25) is 5.02 Å². The number of carbonyl (C=O) groups is 1. The SMILES string of the molecule is O=C(Nc1ccccc1C(F)(F)F)N1CCCC(c2nc(-c3ccc(Cl)cc3)no2)C1. The lowest BCUT2D eigenvalue weighted by Gasteiger charge is -2.31. The van der Waals surface area contributed by atoms with Crippen LogP contribution in [0.1, 0.15) is 30.2 Å². The first kappa shape index (κ1) is 21.2. The summed E-state index contributed by atoms with van der Waals surface area (Å²) in [5.41, 5.74) is -0.417. The van der Waals surface area contributed by atoms with Gasteiger partial charge in [-0.05, 0) is 49.2 Å². The van der Waals surface area contributed by atoms with Crippen LogP contribution >= 0.6 is 11.6 Å². The summed E-state index contributed by atoms with van der Waals surface area (Å²) in [6.07, 6.45) is -3.17. The zero-order valence-electron chi connectivity index (χ0n) is 16.2. The number of halogens is 4. The number of rotatable bonds is 3. The second-order valence-corrected chi connectivity index (χ2v) is 7.66. The van der Waals surface area contributed by atoms with Crippen LogP contribution < -0.4 is 5.32 Å². The monoisotopic (exact) mass is 450 g/mol. The largest absolute Gasteiger partial charge is 0.418 e. The zero-order valence-corrected chi connectivity index (χ0v) is 17.0. The Morgan fingerprint density at radius 2 is 1.90 bits per heavy atom. The third-order valence-corrected chi connectivity index (χ3v) is 5.33. The lowest BCUT2D eigenvalue weighted by molar-refractivity contribution is -0.136. The number of alkyl halides is 3. The number of para-hydroxylation sites is 1. The van der Waals surface area contributed by atoms with Gasteiger partial charge < -0.3 is 14.7 Å². The Balaban J connectivity index is 1.46. The number of aromatic nitrogens is 2. The molecule has 0 spiro atoms.